The van der Waals surface area contributed by atoms with Crippen molar-refractivity contribution in [1.29, 1.82) is 0 Å². The van der Waals surface area contributed by atoms with Crippen LogP contribution in [0.2, 0.25) is 0 Å². The zero-order valence-corrected chi connectivity index (χ0v) is 11.2. The van der Waals surface area contributed by atoms with E-state index in [9.17, 15) is 14.4 Å². The van der Waals surface area contributed by atoms with Crippen molar-refractivity contribution in [3.8, 4) is 0 Å². The number of nitrogens with one attached hydrogen (secondary N) is 2. The molecular weight excluding hydrogens is 274 g/mol. The molecule has 0 aliphatic rings. The largest absolute Gasteiger partial charge is 0.345 e. The van der Waals surface area contributed by atoms with Gasteiger partial charge >= 0.3 is 11.8 Å². The van der Waals surface area contributed by atoms with Gasteiger partial charge in [0.15, 0.2) is 0 Å². The Morgan fingerprint density at radius 2 is 2.24 bits per heavy atom. The number of nitrogens with zero attached hydrogens (tertiary/aromatic N) is 2. The number of aromatic nitrogens is 2. The fourth-order valence-electron chi connectivity index (χ4n) is 1.79. The molecular formula is C13H15N5O3. The number of carbonyl (C=O) groups is 3. The van der Waals surface area contributed by atoms with Crippen molar-refractivity contribution in [2.24, 2.45) is 5.73 Å². The summed E-state index contributed by atoms with van der Waals surface area (Å²) in [6.07, 6.45) is 2.30. The molecule has 0 saturated carbocycles. The SMILES string of the molecule is NCCCN(C=O)C(=O)C(=O)Nc1ccc2nc[nH]c2c1. The number of carbonyl (C=O) groups excluding carboxylic acids is 3. The number of imidazole rings is 1. The van der Waals surface area contributed by atoms with Crippen LogP contribution in [-0.2, 0) is 14.4 Å². The van der Waals surface area contributed by atoms with Crippen LogP contribution in [0.15, 0.2) is 24.5 Å². The Hall–Kier alpha value is -2.74. The summed E-state index contributed by atoms with van der Waals surface area (Å²) in [7, 11) is 0. The number of amides is 3. The highest BCUT2D eigenvalue weighted by Crippen LogP contribution is 2.15. The van der Waals surface area contributed by atoms with E-state index in [1.165, 1.54) is 6.33 Å². The Bertz CT molecular complexity index is 667. The molecule has 1 heterocycles. The van der Waals surface area contributed by atoms with Crippen LogP contribution in [0.5, 0.6) is 0 Å². The minimum Gasteiger partial charge on any atom is -0.345 e. The van der Waals surface area contributed by atoms with Crippen LogP contribution in [0.1, 0.15) is 6.42 Å². The highest BCUT2D eigenvalue weighted by molar-refractivity contribution is 6.41. The Kier molecular flexibility index (Phi) is 4.62. The molecule has 2 rings (SSSR count). The minimum absolute atomic E-state index is 0.117. The number of imide groups is 1. The molecule has 0 aliphatic carbocycles. The molecule has 0 bridgehead atoms. The fourth-order valence-corrected chi connectivity index (χ4v) is 1.79. The molecule has 0 atom stereocenters. The average Bonchev–Trinajstić information content (AvgIpc) is 2.95. The maximum absolute atomic E-state index is 11.8. The standard InChI is InChI=1S/C13H15N5O3/c14-4-1-5-18(8-19)13(21)12(20)17-9-2-3-10-11(6-9)16-7-15-10/h2-3,6-8H,1,4-5,14H2,(H,15,16)(H,17,20). The number of fused-ring (bicyclic) bond motifs is 1. The van der Waals surface area contributed by atoms with Gasteiger partial charge in [-0.25, -0.2) is 4.98 Å². The molecule has 0 unspecified atom stereocenters. The quantitative estimate of drug-likeness (QED) is 0.521. The van der Waals surface area contributed by atoms with Gasteiger partial charge in [0.25, 0.3) is 0 Å². The summed E-state index contributed by atoms with van der Waals surface area (Å²) in [5.41, 5.74) is 7.23. The van der Waals surface area contributed by atoms with Crippen LogP contribution < -0.4 is 11.1 Å². The molecule has 2 aromatic rings. The molecule has 0 radical (unpaired) electrons. The molecule has 110 valence electrons. The molecule has 1 aromatic carbocycles. The van der Waals surface area contributed by atoms with Gasteiger partial charge in [0.2, 0.25) is 6.41 Å². The molecule has 0 fully saturated rings. The van der Waals surface area contributed by atoms with E-state index in [0.717, 1.165) is 15.9 Å². The number of H-pyrrole nitrogens is 1. The number of nitrogens with two attached hydrogens (primary N) is 1. The molecule has 1 aromatic heterocycles. The third kappa shape index (κ3) is 3.42. The third-order valence-corrected chi connectivity index (χ3v) is 2.86. The van der Waals surface area contributed by atoms with Gasteiger partial charge in [-0.3, -0.25) is 19.3 Å². The smallest absolute Gasteiger partial charge is 0.318 e. The van der Waals surface area contributed by atoms with Gasteiger partial charge in [0.1, 0.15) is 0 Å². The number of aromatic amines is 1. The lowest BCUT2D eigenvalue weighted by Crippen LogP contribution is -2.39. The lowest BCUT2D eigenvalue weighted by atomic mass is 10.2. The second-order valence-electron chi connectivity index (χ2n) is 4.33. The first-order valence-electron chi connectivity index (χ1n) is 6.36. The number of benzene rings is 1. The first kappa shape index (κ1) is 14.7. The summed E-state index contributed by atoms with van der Waals surface area (Å²) in [5.74, 6) is -1.79. The van der Waals surface area contributed by atoms with Crippen molar-refractivity contribution in [3.05, 3.63) is 24.5 Å². The molecule has 3 amide bonds. The zero-order valence-electron chi connectivity index (χ0n) is 11.2. The summed E-state index contributed by atoms with van der Waals surface area (Å²) in [6.45, 7) is 0.446. The highest BCUT2D eigenvalue weighted by Gasteiger charge is 2.21. The second kappa shape index (κ2) is 6.62. The highest BCUT2D eigenvalue weighted by atomic mass is 16.2. The molecule has 0 spiro atoms. The van der Waals surface area contributed by atoms with E-state index in [1.807, 2.05) is 0 Å². The van der Waals surface area contributed by atoms with Crippen molar-refractivity contribution >= 4 is 34.9 Å². The number of rotatable bonds is 5. The zero-order chi connectivity index (χ0) is 15.2. The fraction of sp³-hybridized carbons (Fsp3) is 0.231. The van der Waals surface area contributed by atoms with E-state index in [-0.39, 0.29) is 6.54 Å². The lowest BCUT2D eigenvalue weighted by molar-refractivity contribution is -0.146. The van der Waals surface area contributed by atoms with Gasteiger partial charge in [-0.2, -0.15) is 0 Å². The summed E-state index contributed by atoms with van der Waals surface area (Å²) in [4.78, 5) is 42.2. The third-order valence-electron chi connectivity index (χ3n) is 2.86. The average molecular weight is 289 g/mol. The van der Waals surface area contributed by atoms with E-state index in [2.05, 4.69) is 15.3 Å². The molecule has 0 saturated heterocycles. The van der Waals surface area contributed by atoms with Gasteiger partial charge in [0.05, 0.1) is 17.4 Å². The summed E-state index contributed by atoms with van der Waals surface area (Å²) in [6, 6.07) is 4.98. The van der Waals surface area contributed by atoms with Crippen molar-refractivity contribution in [3.63, 3.8) is 0 Å². The minimum atomic E-state index is -0.914. The first-order chi connectivity index (χ1) is 10.2. The van der Waals surface area contributed by atoms with Gasteiger partial charge in [-0.1, -0.05) is 0 Å². The summed E-state index contributed by atoms with van der Waals surface area (Å²) >= 11 is 0. The molecule has 21 heavy (non-hydrogen) atoms. The summed E-state index contributed by atoms with van der Waals surface area (Å²) in [5, 5.41) is 2.45. The van der Waals surface area contributed by atoms with Gasteiger partial charge in [-0.15, -0.1) is 0 Å². The molecule has 0 aliphatic heterocycles. The number of anilines is 1. The van der Waals surface area contributed by atoms with Crippen LogP contribution >= 0.6 is 0 Å². The van der Waals surface area contributed by atoms with E-state index in [1.54, 1.807) is 18.2 Å². The molecule has 8 heteroatoms. The lowest BCUT2D eigenvalue weighted by Gasteiger charge is -2.14. The normalized spacial score (nSPS) is 10.3. The topological polar surface area (TPSA) is 121 Å². The van der Waals surface area contributed by atoms with Gasteiger partial charge < -0.3 is 16.0 Å². The summed E-state index contributed by atoms with van der Waals surface area (Å²) < 4.78 is 0. The van der Waals surface area contributed by atoms with Crippen molar-refractivity contribution in [2.45, 2.75) is 6.42 Å². The van der Waals surface area contributed by atoms with Crippen LogP contribution in [0, 0.1) is 0 Å². The predicted molar refractivity (Wildman–Crippen MR) is 76.2 cm³/mol. The van der Waals surface area contributed by atoms with Crippen molar-refractivity contribution in [2.75, 3.05) is 18.4 Å². The van der Waals surface area contributed by atoms with E-state index in [4.69, 9.17) is 5.73 Å². The first-order valence-corrected chi connectivity index (χ1v) is 6.36. The van der Waals surface area contributed by atoms with E-state index < -0.39 is 11.8 Å². The van der Waals surface area contributed by atoms with Gasteiger partial charge in [-0.05, 0) is 31.2 Å². The Balaban J connectivity index is 2.05. The Labute approximate surface area is 120 Å². The maximum Gasteiger partial charge on any atom is 0.318 e. The van der Waals surface area contributed by atoms with Crippen LogP contribution in [-0.4, -0.2) is 46.2 Å². The molecule has 8 nitrogen and oxygen atoms in total. The van der Waals surface area contributed by atoms with E-state index in [0.29, 0.717) is 25.1 Å². The van der Waals surface area contributed by atoms with Gasteiger partial charge in [0, 0.05) is 12.2 Å². The monoisotopic (exact) mass is 289 g/mol. The van der Waals surface area contributed by atoms with E-state index >= 15 is 0 Å². The Morgan fingerprint density at radius 3 is 2.95 bits per heavy atom. The van der Waals surface area contributed by atoms with Crippen molar-refractivity contribution in [1.82, 2.24) is 14.9 Å². The van der Waals surface area contributed by atoms with Crippen molar-refractivity contribution < 1.29 is 14.4 Å². The van der Waals surface area contributed by atoms with Crippen LogP contribution in [0.3, 0.4) is 0 Å². The Morgan fingerprint density at radius 1 is 1.43 bits per heavy atom. The molecule has 4 N–H and O–H groups in total. The van der Waals surface area contributed by atoms with Crippen LogP contribution in [0.25, 0.3) is 11.0 Å². The number of hydrogen-bond acceptors (Lipinski definition) is 5. The number of hydrogen-bond donors (Lipinski definition) is 3. The van der Waals surface area contributed by atoms with Crippen LogP contribution in [0.4, 0.5) is 5.69 Å². The predicted octanol–water partition coefficient (Wildman–Crippen LogP) is -0.165. The second-order valence-corrected chi connectivity index (χ2v) is 4.33. The maximum atomic E-state index is 11.8.